The summed E-state index contributed by atoms with van der Waals surface area (Å²) in [5.41, 5.74) is 0.962. The number of carbonyl (C=O) groups excluding carboxylic acids is 4. The van der Waals surface area contributed by atoms with Crippen molar-refractivity contribution in [2.24, 2.45) is 0 Å². The van der Waals surface area contributed by atoms with Gasteiger partial charge >= 0.3 is 5.97 Å². The van der Waals surface area contributed by atoms with Crippen LogP contribution in [-0.4, -0.2) is 54.8 Å². The molecule has 0 saturated carbocycles. The summed E-state index contributed by atoms with van der Waals surface area (Å²) in [5, 5.41) is 2.13. The number of hydrogen-bond acceptors (Lipinski definition) is 8. The molecule has 11 heteroatoms. The Labute approximate surface area is 211 Å². The molecule has 1 aliphatic heterocycles. The Morgan fingerprint density at radius 1 is 1.11 bits per heavy atom. The van der Waals surface area contributed by atoms with Crippen molar-refractivity contribution >= 4 is 58.1 Å². The molecule has 35 heavy (non-hydrogen) atoms. The van der Waals surface area contributed by atoms with E-state index >= 15 is 0 Å². The predicted octanol–water partition coefficient (Wildman–Crippen LogP) is 4.60. The van der Waals surface area contributed by atoms with E-state index in [4.69, 9.17) is 21.1 Å². The van der Waals surface area contributed by atoms with Gasteiger partial charge in [0.05, 0.1) is 35.8 Å². The van der Waals surface area contributed by atoms with Crippen LogP contribution in [-0.2, 0) is 14.3 Å². The van der Waals surface area contributed by atoms with E-state index in [0.29, 0.717) is 17.1 Å². The summed E-state index contributed by atoms with van der Waals surface area (Å²) in [6, 6.07) is 9.41. The van der Waals surface area contributed by atoms with Crippen molar-refractivity contribution in [1.29, 1.82) is 0 Å². The minimum absolute atomic E-state index is 0.0441. The number of carbonyl (C=O) groups is 4. The van der Waals surface area contributed by atoms with E-state index in [2.05, 4.69) is 10.1 Å². The molecule has 1 heterocycles. The topological polar surface area (TPSA) is 111 Å². The van der Waals surface area contributed by atoms with Gasteiger partial charge in [-0.2, -0.15) is 0 Å². The minimum atomic E-state index is -0.664. The molecule has 1 N–H and O–H groups in total. The quantitative estimate of drug-likeness (QED) is 0.399. The number of nitrogens with one attached hydrogen (secondary N) is 1. The Morgan fingerprint density at radius 3 is 2.51 bits per heavy atom. The lowest BCUT2D eigenvalue weighted by Crippen LogP contribution is -2.36. The van der Waals surface area contributed by atoms with E-state index in [1.807, 2.05) is 13.8 Å². The fourth-order valence-corrected chi connectivity index (χ4v) is 4.16. The number of benzene rings is 2. The number of rotatable bonds is 8. The van der Waals surface area contributed by atoms with Gasteiger partial charge in [-0.1, -0.05) is 17.7 Å². The summed E-state index contributed by atoms with van der Waals surface area (Å²) in [6.45, 7) is 3.29. The van der Waals surface area contributed by atoms with Crippen molar-refractivity contribution in [2.45, 2.75) is 20.0 Å². The van der Waals surface area contributed by atoms with Gasteiger partial charge in [-0.25, -0.2) is 4.79 Å². The maximum atomic E-state index is 12.8. The maximum absolute atomic E-state index is 12.8. The van der Waals surface area contributed by atoms with Gasteiger partial charge in [-0.15, -0.1) is 0 Å². The van der Waals surface area contributed by atoms with Crippen LogP contribution in [0, 0.1) is 0 Å². The van der Waals surface area contributed by atoms with Gasteiger partial charge in [-0.05, 0) is 67.6 Å². The van der Waals surface area contributed by atoms with E-state index in [1.165, 1.54) is 32.4 Å². The Bertz CT molecular complexity index is 1210. The van der Waals surface area contributed by atoms with Crippen molar-refractivity contribution < 1.29 is 33.4 Å². The minimum Gasteiger partial charge on any atom is -0.493 e. The summed E-state index contributed by atoms with van der Waals surface area (Å²) in [4.78, 5) is 50.5. The Kier molecular flexibility index (Phi) is 8.42. The van der Waals surface area contributed by atoms with Crippen molar-refractivity contribution in [3.63, 3.8) is 0 Å². The van der Waals surface area contributed by atoms with Gasteiger partial charge in [0.2, 0.25) is 5.91 Å². The smallest absolute Gasteiger partial charge is 0.339 e. The maximum Gasteiger partial charge on any atom is 0.339 e. The first kappa shape index (κ1) is 26.1. The molecule has 9 nitrogen and oxygen atoms in total. The molecule has 3 amide bonds. The van der Waals surface area contributed by atoms with Crippen molar-refractivity contribution in [2.75, 3.05) is 26.1 Å². The van der Waals surface area contributed by atoms with E-state index < -0.39 is 29.6 Å². The third-order valence-electron chi connectivity index (χ3n) is 4.68. The van der Waals surface area contributed by atoms with Crippen LogP contribution < -0.4 is 14.8 Å². The molecule has 2 aromatic carbocycles. The normalized spacial score (nSPS) is 14.5. The second-order valence-electron chi connectivity index (χ2n) is 7.58. The second-order valence-corrected chi connectivity index (χ2v) is 8.98. The first-order chi connectivity index (χ1) is 16.6. The van der Waals surface area contributed by atoms with Gasteiger partial charge in [0, 0.05) is 5.69 Å². The zero-order valence-corrected chi connectivity index (χ0v) is 21.0. The molecular weight excluding hydrogens is 496 g/mol. The van der Waals surface area contributed by atoms with Crippen LogP contribution in [0.3, 0.4) is 0 Å². The molecule has 0 spiro atoms. The predicted molar refractivity (Wildman–Crippen MR) is 133 cm³/mol. The third kappa shape index (κ3) is 6.34. The van der Waals surface area contributed by atoms with E-state index in [-0.39, 0.29) is 27.3 Å². The van der Waals surface area contributed by atoms with Crippen LogP contribution in [0.2, 0.25) is 5.02 Å². The van der Waals surface area contributed by atoms with Crippen molar-refractivity contribution in [1.82, 2.24) is 4.90 Å². The number of esters is 1. The fraction of sp³-hybridized carbons (Fsp3) is 0.250. The summed E-state index contributed by atoms with van der Waals surface area (Å²) in [5.74, 6) is -0.837. The number of halogens is 1. The van der Waals surface area contributed by atoms with Gasteiger partial charge in [0.15, 0.2) is 11.5 Å². The van der Waals surface area contributed by atoms with Crippen LogP contribution in [0.1, 0.15) is 29.8 Å². The van der Waals surface area contributed by atoms with E-state index in [0.717, 1.165) is 16.7 Å². The number of nitrogens with zero attached hydrogens (tertiary/aromatic N) is 1. The molecule has 1 aliphatic rings. The second kappa shape index (κ2) is 11.3. The molecule has 0 unspecified atom stereocenters. The average Bonchev–Trinajstić information content (AvgIpc) is 3.07. The van der Waals surface area contributed by atoms with Gasteiger partial charge in [0.25, 0.3) is 11.1 Å². The molecular formula is C24H23ClN2O7S. The lowest BCUT2D eigenvalue weighted by atomic mass is 10.2. The SMILES string of the molecule is COC(=O)c1cc(NC(=O)CN2C(=O)S/C(=C\c3ccc(OC(C)C)c(OC)c3)C2=O)ccc1Cl. The molecule has 0 bridgehead atoms. The summed E-state index contributed by atoms with van der Waals surface area (Å²) >= 11 is 6.71. The van der Waals surface area contributed by atoms with Gasteiger partial charge < -0.3 is 19.5 Å². The Morgan fingerprint density at radius 2 is 1.86 bits per heavy atom. The third-order valence-corrected chi connectivity index (χ3v) is 5.92. The molecule has 0 radical (unpaired) electrons. The number of anilines is 1. The molecule has 1 saturated heterocycles. The number of imide groups is 1. The van der Waals surface area contributed by atoms with Crippen molar-refractivity contribution in [3.05, 3.63) is 57.5 Å². The Balaban J connectivity index is 1.72. The van der Waals surface area contributed by atoms with Crippen LogP contribution in [0.15, 0.2) is 41.3 Å². The fourth-order valence-electron chi connectivity index (χ4n) is 3.13. The summed E-state index contributed by atoms with van der Waals surface area (Å²) < 4.78 is 15.7. The lowest BCUT2D eigenvalue weighted by Gasteiger charge is -2.14. The highest BCUT2D eigenvalue weighted by Gasteiger charge is 2.36. The van der Waals surface area contributed by atoms with Gasteiger partial charge in [0.1, 0.15) is 6.54 Å². The molecule has 0 atom stereocenters. The van der Waals surface area contributed by atoms with Crippen LogP contribution in [0.25, 0.3) is 6.08 Å². The summed E-state index contributed by atoms with van der Waals surface area (Å²) in [7, 11) is 2.72. The standard InChI is InChI=1S/C24H23ClN2O7S/c1-13(2)34-18-8-5-14(9-19(18)32-3)10-20-22(29)27(24(31)35-20)12-21(28)26-15-6-7-17(25)16(11-15)23(30)33-4/h5-11,13H,12H2,1-4H3,(H,26,28)/b20-10-. The van der Waals surface area contributed by atoms with Gasteiger partial charge in [-0.3, -0.25) is 19.3 Å². The monoisotopic (exact) mass is 518 g/mol. The highest BCUT2D eigenvalue weighted by molar-refractivity contribution is 8.18. The highest BCUT2D eigenvalue weighted by atomic mass is 35.5. The molecule has 0 aromatic heterocycles. The number of ether oxygens (including phenoxy) is 3. The van der Waals surface area contributed by atoms with Crippen molar-refractivity contribution in [3.8, 4) is 11.5 Å². The molecule has 184 valence electrons. The van der Waals surface area contributed by atoms with Crippen LogP contribution in [0.5, 0.6) is 11.5 Å². The zero-order valence-electron chi connectivity index (χ0n) is 19.4. The first-order valence-corrected chi connectivity index (χ1v) is 11.6. The number of amides is 3. The largest absolute Gasteiger partial charge is 0.493 e. The number of thioether (sulfide) groups is 1. The molecule has 2 aromatic rings. The summed E-state index contributed by atoms with van der Waals surface area (Å²) in [6.07, 6.45) is 1.50. The van der Waals surface area contributed by atoms with Crippen LogP contribution in [0.4, 0.5) is 10.5 Å². The molecule has 1 fully saturated rings. The zero-order chi connectivity index (χ0) is 25.7. The van der Waals surface area contributed by atoms with Crippen LogP contribution >= 0.6 is 23.4 Å². The molecule has 3 rings (SSSR count). The molecule has 0 aliphatic carbocycles. The van der Waals surface area contributed by atoms with E-state index in [9.17, 15) is 19.2 Å². The van der Waals surface area contributed by atoms with E-state index in [1.54, 1.807) is 24.3 Å². The lowest BCUT2D eigenvalue weighted by molar-refractivity contribution is -0.127. The number of methoxy groups -OCH3 is 2. The highest BCUT2D eigenvalue weighted by Crippen LogP contribution is 2.35. The first-order valence-electron chi connectivity index (χ1n) is 10.4. The average molecular weight is 519 g/mol. The number of hydrogen-bond donors (Lipinski definition) is 1. The Hall–Kier alpha value is -3.50.